The first kappa shape index (κ1) is 14.9. The number of nitrogen functional groups attached to an aromatic ring is 1. The van der Waals surface area contributed by atoms with Crippen LogP contribution in [-0.2, 0) is 4.79 Å². The van der Waals surface area contributed by atoms with Gasteiger partial charge < -0.3 is 21.1 Å². The number of anilines is 2. The number of alkyl halides is 2. The van der Waals surface area contributed by atoms with Crippen LogP contribution in [0.1, 0.15) is 6.92 Å². The summed E-state index contributed by atoms with van der Waals surface area (Å²) in [6.07, 6.45) is 0. The maximum Gasteiger partial charge on any atom is 0.387 e. The molecule has 4 N–H and O–H groups in total. The number of ether oxygens (including phenoxy) is 1. The quantitative estimate of drug-likeness (QED) is 0.690. The average Bonchev–Trinajstić information content (AvgIpc) is 2.31. The Morgan fingerprint density at radius 1 is 1.47 bits per heavy atom. The number of nitrogens with one attached hydrogen (secondary N) is 2. The molecule has 0 aromatic heterocycles. The van der Waals surface area contributed by atoms with Crippen LogP contribution < -0.4 is 21.1 Å². The van der Waals surface area contributed by atoms with Crippen LogP contribution in [0, 0.1) is 5.82 Å². The summed E-state index contributed by atoms with van der Waals surface area (Å²) in [7, 11) is 0. The Hall–Kier alpha value is -2.12. The second kappa shape index (κ2) is 6.72. The predicted molar refractivity (Wildman–Crippen MR) is 64.6 cm³/mol. The van der Waals surface area contributed by atoms with E-state index in [1.807, 2.05) is 0 Å². The lowest BCUT2D eigenvalue weighted by Gasteiger charge is -2.12. The minimum Gasteiger partial charge on any atom is -0.432 e. The van der Waals surface area contributed by atoms with Crippen molar-refractivity contribution < 1.29 is 22.7 Å². The van der Waals surface area contributed by atoms with E-state index < -0.39 is 18.2 Å². The molecule has 5 nitrogen and oxygen atoms in total. The molecule has 19 heavy (non-hydrogen) atoms. The summed E-state index contributed by atoms with van der Waals surface area (Å²) in [6, 6.07) is 1.83. The maximum atomic E-state index is 13.3. The van der Waals surface area contributed by atoms with Crippen molar-refractivity contribution >= 4 is 17.3 Å². The molecule has 106 valence electrons. The summed E-state index contributed by atoms with van der Waals surface area (Å²) < 4.78 is 41.3. The van der Waals surface area contributed by atoms with Crippen LogP contribution in [0.5, 0.6) is 5.75 Å². The van der Waals surface area contributed by atoms with Crippen molar-refractivity contribution in [2.45, 2.75) is 13.5 Å². The lowest BCUT2D eigenvalue weighted by atomic mass is 10.2. The molecule has 0 aliphatic heterocycles. The first-order valence-electron chi connectivity index (χ1n) is 5.48. The summed E-state index contributed by atoms with van der Waals surface area (Å²) in [4.78, 5) is 11.2. The van der Waals surface area contributed by atoms with E-state index in [0.717, 1.165) is 12.1 Å². The minimum absolute atomic E-state index is 0.0107. The lowest BCUT2D eigenvalue weighted by molar-refractivity contribution is -0.119. The Balaban J connectivity index is 2.79. The highest BCUT2D eigenvalue weighted by Crippen LogP contribution is 2.29. The van der Waals surface area contributed by atoms with Gasteiger partial charge in [0.05, 0.1) is 17.9 Å². The third-order valence-corrected chi connectivity index (χ3v) is 2.13. The highest BCUT2D eigenvalue weighted by atomic mass is 19.3. The van der Waals surface area contributed by atoms with E-state index in [1.165, 1.54) is 0 Å². The van der Waals surface area contributed by atoms with Gasteiger partial charge in [0.15, 0.2) is 11.6 Å². The van der Waals surface area contributed by atoms with Crippen LogP contribution in [0.2, 0.25) is 0 Å². The smallest absolute Gasteiger partial charge is 0.387 e. The molecule has 0 heterocycles. The molecule has 0 saturated carbocycles. The van der Waals surface area contributed by atoms with Crippen LogP contribution in [0.3, 0.4) is 0 Å². The van der Waals surface area contributed by atoms with Crippen molar-refractivity contribution in [2.75, 3.05) is 24.1 Å². The van der Waals surface area contributed by atoms with Crippen molar-refractivity contribution in [3.63, 3.8) is 0 Å². The number of hydrogen-bond acceptors (Lipinski definition) is 4. The van der Waals surface area contributed by atoms with E-state index in [9.17, 15) is 18.0 Å². The van der Waals surface area contributed by atoms with Gasteiger partial charge in [-0.3, -0.25) is 4.79 Å². The predicted octanol–water partition coefficient (Wildman–Crippen LogP) is 1.56. The molecule has 0 radical (unpaired) electrons. The zero-order valence-electron chi connectivity index (χ0n) is 10.2. The highest BCUT2D eigenvalue weighted by Gasteiger charge is 2.13. The highest BCUT2D eigenvalue weighted by molar-refractivity contribution is 5.82. The normalized spacial score (nSPS) is 10.4. The second-order valence-corrected chi connectivity index (χ2v) is 3.56. The summed E-state index contributed by atoms with van der Waals surface area (Å²) in [5, 5.41) is 5.14. The van der Waals surface area contributed by atoms with E-state index in [1.54, 1.807) is 6.92 Å². The average molecular weight is 277 g/mol. The first-order chi connectivity index (χ1) is 8.93. The molecule has 1 amide bonds. The topological polar surface area (TPSA) is 76.4 Å². The Labute approximate surface area is 107 Å². The van der Waals surface area contributed by atoms with Gasteiger partial charge >= 0.3 is 6.61 Å². The van der Waals surface area contributed by atoms with E-state index >= 15 is 0 Å². The minimum atomic E-state index is -3.14. The number of amides is 1. The van der Waals surface area contributed by atoms with Crippen LogP contribution >= 0.6 is 0 Å². The van der Waals surface area contributed by atoms with Crippen LogP contribution in [-0.4, -0.2) is 25.6 Å². The monoisotopic (exact) mass is 277 g/mol. The summed E-state index contributed by atoms with van der Waals surface area (Å²) in [5.74, 6) is -1.94. The fourth-order valence-corrected chi connectivity index (χ4v) is 1.34. The first-order valence-corrected chi connectivity index (χ1v) is 5.48. The molecular formula is C11H14F3N3O2. The molecule has 0 aliphatic carbocycles. The number of carbonyl (C=O) groups excluding carboxylic acids is 1. The van der Waals surface area contributed by atoms with E-state index in [2.05, 4.69) is 15.4 Å². The van der Waals surface area contributed by atoms with Crippen molar-refractivity contribution in [2.24, 2.45) is 0 Å². The lowest BCUT2D eigenvalue weighted by Crippen LogP contribution is -2.29. The van der Waals surface area contributed by atoms with Gasteiger partial charge in [0.25, 0.3) is 0 Å². The molecule has 0 saturated heterocycles. The molecule has 0 fully saturated rings. The summed E-state index contributed by atoms with van der Waals surface area (Å²) in [5.41, 5.74) is 5.64. The van der Waals surface area contributed by atoms with Crippen molar-refractivity contribution in [3.8, 4) is 5.75 Å². The van der Waals surface area contributed by atoms with E-state index in [0.29, 0.717) is 6.54 Å². The standard InChI is InChI=1S/C11H14F3N3O2/c1-2-16-10(18)5-17-8-4-9(19-11(13)14)6(12)3-7(8)15/h3-4,11,17H,2,5,15H2,1H3,(H,16,18). The van der Waals surface area contributed by atoms with Gasteiger partial charge in [-0.25, -0.2) is 4.39 Å². The molecule has 0 aliphatic rings. The number of benzene rings is 1. The van der Waals surface area contributed by atoms with Crippen molar-refractivity contribution in [3.05, 3.63) is 17.9 Å². The van der Waals surface area contributed by atoms with E-state index in [-0.39, 0.29) is 23.8 Å². The SMILES string of the molecule is CCNC(=O)CNc1cc(OC(F)F)c(F)cc1N. The molecule has 0 unspecified atom stereocenters. The Morgan fingerprint density at radius 3 is 2.74 bits per heavy atom. The van der Waals surface area contributed by atoms with Gasteiger partial charge in [-0.2, -0.15) is 8.78 Å². The summed E-state index contributed by atoms with van der Waals surface area (Å²) in [6.45, 7) is -1.05. The van der Waals surface area contributed by atoms with Gasteiger partial charge in [-0.1, -0.05) is 0 Å². The van der Waals surface area contributed by atoms with Crippen molar-refractivity contribution in [1.82, 2.24) is 5.32 Å². The second-order valence-electron chi connectivity index (χ2n) is 3.56. The number of halogens is 3. The molecule has 1 aromatic rings. The van der Waals surface area contributed by atoms with Crippen molar-refractivity contribution in [1.29, 1.82) is 0 Å². The Bertz CT molecular complexity index is 455. The number of hydrogen-bond donors (Lipinski definition) is 3. The number of nitrogens with two attached hydrogens (primary N) is 1. The molecule has 1 rings (SSSR count). The van der Waals surface area contributed by atoms with Crippen LogP contribution in [0.25, 0.3) is 0 Å². The number of likely N-dealkylation sites (N-methyl/N-ethyl adjacent to an activating group) is 1. The third-order valence-electron chi connectivity index (χ3n) is 2.13. The van der Waals surface area contributed by atoms with Crippen LogP contribution in [0.15, 0.2) is 12.1 Å². The van der Waals surface area contributed by atoms with E-state index in [4.69, 9.17) is 5.73 Å². The number of carbonyl (C=O) groups is 1. The Kier molecular flexibility index (Phi) is 5.28. The summed E-state index contributed by atoms with van der Waals surface area (Å²) >= 11 is 0. The molecule has 0 spiro atoms. The van der Waals surface area contributed by atoms with Gasteiger partial charge in [0.1, 0.15) is 0 Å². The molecular weight excluding hydrogens is 263 g/mol. The third kappa shape index (κ3) is 4.57. The Morgan fingerprint density at radius 2 is 2.16 bits per heavy atom. The zero-order valence-corrected chi connectivity index (χ0v) is 10.2. The number of rotatable bonds is 6. The largest absolute Gasteiger partial charge is 0.432 e. The molecule has 0 atom stereocenters. The van der Waals surface area contributed by atoms with Crippen LogP contribution in [0.4, 0.5) is 24.5 Å². The molecule has 1 aromatic carbocycles. The molecule has 0 bridgehead atoms. The molecule has 8 heteroatoms. The van der Waals surface area contributed by atoms with Gasteiger partial charge in [0.2, 0.25) is 5.91 Å². The van der Waals surface area contributed by atoms with Gasteiger partial charge in [-0.05, 0) is 6.92 Å². The zero-order chi connectivity index (χ0) is 14.4. The maximum absolute atomic E-state index is 13.3. The van der Waals surface area contributed by atoms with Gasteiger partial charge in [-0.15, -0.1) is 0 Å². The fraction of sp³-hybridized carbons (Fsp3) is 0.364. The van der Waals surface area contributed by atoms with Gasteiger partial charge in [0, 0.05) is 18.7 Å². The fourth-order valence-electron chi connectivity index (χ4n) is 1.34.